The lowest BCUT2D eigenvalue weighted by Gasteiger charge is -2.27. The first-order chi connectivity index (χ1) is 13.8. The molecule has 0 radical (unpaired) electrons. The zero-order valence-electron chi connectivity index (χ0n) is 15.5. The fraction of sp³-hybridized carbons (Fsp3) is 0.286. The molecule has 28 heavy (non-hydrogen) atoms. The maximum Gasteiger partial charge on any atom is 0.256 e. The number of hydrogen-bond donors (Lipinski definition) is 1. The number of aromatic nitrogens is 2. The van der Waals surface area contributed by atoms with E-state index < -0.39 is 0 Å². The fourth-order valence-corrected chi connectivity index (χ4v) is 4.83. The van der Waals surface area contributed by atoms with Crippen molar-refractivity contribution in [1.29, 1.82) is 0 Å². The minimum Gasteiger partial charge on any atom is -0.357 e. The second kappa shape index (κ2) is 9.21. The molecule has 5 nitrogen and oxygen atoms in total. The van der Waals surface area contributed by atoms with Crippen LogP contribution >= 0.6 is 23.1 Å². The molecule has 7 heteroatoms. The Labute approximate surface area is 173 Å². The molecule has 1 N–H and O–H groups in total. The van der Waals surface area contributed by atoms with E-state index in [4.69, 9.17) is 0 Å². The lowest BCUT2D eigenvalue weighted by Crippen LogP contribution is -2.30. The topological polar surface area (TPSA) is 58.1 Å². The van der Waals surface area contributed by atoms with Crippen molar-refractivity contribution in [2.45, 2.75) is 29.9 Å². The number of amides is 1. The van der Waals surface area contributed by atoms with Crippen LogP contribution in [0.15, 0.2) is 58.4 Å². The van der Waals surface area contributed by atoms with Gasteiger partial charge in [0, 0.05) is 29.1 Å². The number of benzene rings is 1. The SMILES string of the molecule is O=C(Nc1ccc(N2CCCCC2)nc1)c1ccccc1SCc1cscn1. The number of piperidine rings is 1. The van der Waals surface area contributed by atoms with E-state index in [1.54, 1.807) is 29.3 Å². The minimum absolute atomic E-state index is 0.117. The van der Waals surface area contributed by atoms with Crippen LogP contribution in [0.5, 0.6) is 0 Å². The largest absolute Gasteiger partial charge is 0.357 e. The van der Waals surface area contributed by atoms with Gasteiger partial charge in [-0.3, -0.25) is 4.79 Å². The number of nitrogens with one attached hydrogen (secondary N) is 1. The van der Waals surface area contributed by atoms with Crippen molar-refractivity contribution in [1.82, 2.24) is 9.97 Å². The molecule has 0 atom stereocenters. The predicted molar refractivity (Wildman–Crippen MR) is 116 cm³/mol. The highest BCUT2D eigenvalue weighted by Gasteiger charge is 2.14. The van der Waals surface area contributed by atoms with Crippen molar-refractivity contribution < 1.29 is 4.79 Å². The van der Waals surface area contributed by atoms with E-state index in [0.717, 1.165) is 35.2 Å². The van der Waals surface area contributed by atoms with E-state index in [1.165, 1.54) is 19.3 Å². The van der Waals surface area contributed by atoms with E-state index in [0.29, 0.717) is 11.3 Å². The highest BCUT2D eigenvalue weighted by Crippen LogP contribution is 2.27. The molecule has 0 spiro atoms. The van der Waals surface area contributed by atoms with Gasteiger partial charge in [0.05, 0.1) is 28.7 Å². The van der Waals surface area contributed by atoms with E-state index in [2.05, 4.69) is 20.2 Å². The molecule has 3 aromatic rings. The Hall–Kier alpha value is -2.38. The number of carbonyl (C=O) groups excluding carboxylic acids is 1. The third-order valence-corrected chi connectivity index (χ3v) is 6.42. The Morgan fingerprint density at radius 2 is 1.96 bits per heavy atom. The van der Waals surface area contributed by atoms with E-state index in [9.17, 15) is 4.79 Å². The van der Waals surface area contributed by atoms with Crippen molar-refractivity contribution in [2.75, 3.05) is 23.3 Å². The molecule has 0 saturated carbocycles. The van der Waals surface area contributed by atoms with Crippen LogP contribution in [0.1, 0.15) is 35.3 Å². The minimum atomic E-state index is -0.117. The highest BCUT2D eigenvalue weighted by molar-refractivity contribution is 7.98. The maximum absolute atomic E-state index is 12.8. The van der Waals surface area contributed by atoms with Crippen molar-refractivity contribution in [3.63, 3.8) is 0 Å². The van der Waals surface area contributed by atoms with E-state index in [-0.39, 0.29) is 5.91 Å². The van der Waals surface area contributed by atoms with Gasteiger partial charge in [-0.05, 0) is 43.5 Å². The predicted octanol–water partition coefficient (Wildman–Crippen LogP) is 5.07. The van der Waals surface area contributed by atoms with Gasteiger partial charge in [0.25, 0.3) is 5.91 Å². The summed E-state index contributed by atoms with van der Waals surface area (Å²) in [7, 11) is 0. The van der Waals surface area contributed by atoms with Crippen LogP contribution in [-0.4, -0.2) is 29.0 Å². The maximum atomic E-state index is 12.8. The van der Waals surface area contributed by atoms with Gasteiger partial charge >= 0.3 is 0 Å². The standard InChI is InChI=1S/C21H22N4OS2/c26-21(18-6-2-3-7-19(18)28-14-17-13-27-15-23-17)24-16-8-9-20(22-12-16)25-10-4-1-5-11-25/h2-3,6-9,12-13,15H,1,4-5,10-11,14H2,(H,24,26). The Kier molecular flexibility index (Phi) is 6.24. The van der Waals surface area contributed by atoms with Gasteiger partial charge in [-0.25, -0.2) is 9.97 Å². The monoisotopic (exact) mass is 410 g/mol. The van der Waals surface area contributed by atoms with Crippen LogP contribution in [-0.2, 0) is 5.75 Å². The normalized spacial score (nSPS) is 14.1. The second-order valence-electron chi connectivity index (χ2n) is 6.67. The van der Waals surface area contributed by atoms with E-state index >= 15 is 0 Å². The summed E-state index contributed by atoms with van der Waals surface area (Å²) in [4.78, 5) is 24.9. The summed E-state index contributed by atoms with van der Waals surface area (Å²) in [5.74, 6) is 1.62. The lowest BCUT2D eigenvalue weighted by atomic mass is 10.1. The third kappa shape index (κ3) is 4.72. The molecule has 4 rings (SSSR count). The van der Waals surface area contributed by atoms with Crippen molar-refractivity contribution >= 4 is 40.5 Å². The molecule has 1 aromatic carbocycles. The van der Waals surface area contributed by atoms with Crippen molar-refractivity contribution in [3.05, 3.63) is 64.7 Å². The fourth-order valence-electron chi connectivity index (χ4n) is 3.21. The molecule has 1 aliphatic heterocycles. The molecule has 2 aromatic heterocycles. The van der Waals surface area contributed by atoms with Gasteiger partial charge < -0.3 is 10.2 Å². The zero-order valence-corrected chi connectivity index (χ0v) is 17.1. The van der Waals surface area contributed by atoms with Crippen LogP contribution in [0.25, 0.3) is 0 Å². The summed E-state index contributed by atoms with van der Waals surface area (Å²) in [6, 6.07) is 11.6. The smallest absolute Gasteiger partial charge is 0.256 e. The lowest BCUT2D eigenvalue weighted by molar-refractivity contribution is 0.102. The molecule has 144 valence electrons. The van der Waals surface area contributed by atoms with Crippen LogP contribution in [0.4, 0.5) is 11.5 Å². The molecule has 0 bridgehead atoms. The molecule has 3 heterocycles. The molecule has 1 aliphatic rings. The number of pyridine rings is 1. The molecule has 1 amide bonds. The van der Waals surface area contributed by atoms with Gasteiger partial charge in [-0.15, -0.1) is 23.1 Å². The molecule has 0 aliphatic carbocycles. The number of thioether (sulfide) groups is 1. The first kappa shape index (κ1) is 19.0. The van der Waals surface area contributed by atoms with Gasteiger partial charge in [-0.2, -0.15) is 0 Å². The van der Waals surface area contributed by atoms with E-state index in [1.807, 2.05) is 47.3 Å². The number of hydrogen-bond acceptors (Lipinski definition) is 6. The molecule has 1 fully saturated rings. The number of carbonyl (C=O) groups is 1. The second-order valence-corrected chi connectivity index (χ2v) is 8.41. The first-order valence-electron chi connectivity index (χ1n) is 9.41. The van der Waals surface area contributed by atoms with Gasteiger partial charge in [0.15, 0.2) is 0 Å². The van der Waals surface area contributed by atoms with Crippen LogP contribution in [0.3, 0.4) is 0 Å². The first-order valence-corrected chi connectivity index (χ1v) is 11.3. The number of nitrogens with zero attached hydrogens (tertiary/aromatic N) is 3. The van der Waals surface area contributed by atoms with Gasteiger partial charge in [-0.1, -0.05) is 12.1 Å². The summed E-state index contributed by atoms with van der Waals surface area (Å²) in [5, 5.41) is 5.01. The highest BCUT2D eigenvalue weighted by atomic mass is 32.2. The average molecular weight is 411 g/mol. The summed E-state index contributed by atoms with van der Waals surface area (Å²) in [6.45, 7) is 2.12. The Morgan fingerprint density at radius 1 is 1.11 bits per heavy atom. The van der Waals surface area contributed by atoms with Gasteiger partial charge in [0.1, 0.15) is 5.82 Å². The molecular formula is C21H22N4OS2. The number of anilines is 2. The zero-order chi connectivity index (χ0) is 19.2. The number of rotatable bonds is 6. The van der Waals surface area contributed by atoms with Crippen LogP contribution in [0, 0.1) is 0 Å². The summed E-state index contributed by atoms with van der Waals surface area (Å²) in [6.07, 6.45) is 5.47. The summed E-state index contributed by atoms with van der Waals surface area (Å²) < 4.78 is 0. The summed E-state index contributed by atoms with van der Waals surface area (Å²) in [5.41, 5.74) is 4.24. The Morgan fingerprint density at radius 3 is 2.71 bits per heavy atom. The third-order valence-electron chi connectivity index (χ3n) is 4.68. The quantitative estimate of drug-likeness (QED) is 0.575. The Balaban J connectivity index is 1.42. The van der Waals surface area contributed by atoms with Crippen molar-refractivity contribution in [3.8, 4) is 0 Å². The molecule has 1 saturated heterocycles. The number of thiazole rings is 1. The average Bonchev–Trinajstić information content (AvgIpc) is 3.27. The Bertz CT molecular complexity index is 906. The molecular weight excluding hydrogens is 388 g/mol. The van der Waals surface area contributed by atoms with Gasteiger partial charge in [0.2, 0.25) is 0 Å². The summed E-state index contributed by atoms with van der Waals surface area (Å²) >= 11 is 3.21. The van der Waals surface area contributed by atoms with Crippen molar-refractivity contribution in [2.24, 2.45) is 0 Å². The van der Waals surface area contributed by atoms with Crippen LogP contribution in [0.2, 0.25) is 0 Å². The van der Waals surface area contributed by atoms with Crippen LogP contribution < -0.4 is 10.2 Å². The molecule has 0 unspecified atom stereocenters.